The smallest absolute Gasteiger partial charge is 0.223 e. The van der Waals surface area contributed by atoms with Gasteiger partial charge in [-0.1, -0.05) is 0 Å². The Morgan fingerprint density at radius 2 is 2.00 bits per heavy atom. The molecular weight excluding hydrogens is 214 g/mol. The van der Waals surface area contributed by atoms with Crippen molar-refractivity contribution in [1.82, 2.24) is 15.5 Å². The number of amides is 1. The highest BCUT2D eigenvalue weighted by Crippen LogP contribution is 2.26. The maximum Gasteiger partial charge on any atom is 0.223 e. The molecule has 0 aromatic carbocycles. The molecule has 1 aliphatic carbocycles. The van der Waals surface area contributed by atoms with E-state index in [0.29, 0.717) is 6.04 Å². The van der Waals surface area contributed by atoms with Crippen molar-refractivity contribution in [1.29, 1.82) is 0 Å². The third kappa shape index (κ3) is 3.68. The van der Waals surface area contributed by atoms with Crippen LogP contribution >= 0.6 is 0 Å². The van der Waals surface area contributed by atoms with E-state index in [4.69, 9.17) is 0 Å². The van der Waals surface area contributed by atoms with Crippen LogP contribution in [0.15, 0.2) is 0 Å². The normalized spacial score (nSPS) is 23.7. The number of likely N-dealkylation sites (N-methyl/N-ethyl adjacent to an activating group) is 1. The van der Waals surface area contributed by atoms with Crippen molar-refractivity contribution >= 4 is 5.91 Å². The first-order valence-corrected chi connectivity index (χ1v) is 6.89. The predicted octanol–water partition coefficient (Wildman–Crippen LogP) is 0.585. The molecule has 0 aromatic heterocycles. The van der Waals surface area contributed by atoms with Crippen molar-refractivity contribution < 1.29 is 4.79 Å². The number of nitrogens with one attached hydrogen (secondary N) is 2. The minimum atomic E-state index is 0.231. The number of piperidine rings is 1. The zero-order valence-electron chi connectivity index (χ0n) is 11.0. The van der Waals surface area contributed by atoms with E-state index in [1.807, 2.05) is 0 Å². The van der Waals surface area contributed by atoms with Crippen LogP contribution in [0.2, 0.25) is 0 Å². The van der Waals surface area contributed by atoms with Crippen molar-refractivity contribution in [2.24, 2.45) is 5.92 Å². The minimum Gasteiger partial charge on any atom is -0.354 e. The topological polar surface area (TPSA) is 44.4 Å². The molecule has 1 saturated carbocycles. The summed E-state index contributed by atoms with van der Waals surface area (Å²) in [5.41, 5.74) is 0. The lowest BCUT2D eigenvalue weighted by molar-refractivity contribution is -0.125. The lowest BCUT2D eigenvalue weighted by Crippen LogP contribution is -2.44. The number of hydrogen-bond donors (Lipinski definition) is 2. The Hall–Kier alpha value is -0.610. The summed E-state index contributed by atoms with van der Waals surface area (Å²) in [5.74, 6) is 0.484. The highest BCUT2D eigenvalue weighted by molar-refractivity contribution is 5.78. The van der Waals surface area contributed by atoms with Gasteiger partial charge < -0.3 is 10.6 Å². The van der Waals surface area contributed by atoms with Gasteiger partial charge in [-0.2, -0.15) is 0 Å². The fraction of sp³-hybridized carbons (Fsp3) is 0.923. The molecule has 17 heavy (non-hydrogen) atoms. The molecule has 4 nitrogen and oxygen atoms in total. The van der Waals surface area contributed by atoms with Crippen LogP contribution in [0.3, 0.4) is 0 Å². The van der Waals surface area contributed by atoms with Crippen molar-refractivity contribution in [3.05, 3.63) is 0 Å². The summed E-state index contributed by atoms with van der Waals surface area (Å²) in [4.78, 5) is 14.3. The summed E-state index contributed by atoms with van der Waals surface area (Å²) < 4.78 is 0. The molecule has 2 fully saturated rings. The van der Waals surface area contributed by atoms with E-state index >= 15 is 0 Å². The monoisotopic (exact) mass is 239 g/mol. The van der Waals surface area contributed by atoms with Gasteiger partial charge in [-0.15, -0.1) is 0 Å². The van der Waals surface area contributed by atoms with Gasteiger partial charge in [0.05, 0.1) is 0 Å². The number of carbonyl (C=O) groups excluding carboxylic acids is 1. The molecule has 1 saturated heterocycles. The van der Waals surface area contributed by atoms with Crippen LogP contribution in [0.1, 0.15) is 32.6 Å². The molecule has 2 N–H and O–H groups in total. The second kappa shape index (κ2) is 5.83. The Kier molecular flexibility index (Phi) is 4.40. The summed E-state index contributed by atoms with van der Waals surface area (Å²) in [6, 6.07) is 1.22. The van der Waals surface area contributed by atoms with E-state index in [2.05, 4.69) is 29.5 Å². The Morgan fingerprint density at radius 3 is 2.59 bits per heavy atom. The van der Waals surface area contributed by atoms with Crippen molar-refractivity contribution in [2.75, 3.05) is 26.7 Å². The summed E-state index contributed by atoms with van der Waals surface area (Å²) in [6.45, 7) is 4.95. The lowest BCUT2D eigenvalue weighted by atomic mass is 9.97. The van der Waals surface area contributed by atoms with Crippen LogP contribution in [0.4, 0.5) is 0 Å². The first kappa shape index (κ1) is 12.8. The predicted molar refractivity (Wildman–Crippen MR) is 68.9 cm³/mol. The van der Waals surface area contributed by atoms with E-state index < -0.39 is 0 Å². The molecular formula is C13H25N3O. The van der Waals surface area contributed by atoms with Gasteiger partial charge >= 0.3 is 0 Å². The molecule has 1 aliphatic heterocycles. The van der Waals surface area contributed by atoms with Crippen molar-refractivity contribution in [3.8, 4) is 0 Å². The SMILES string of the molecule is CC(CNC(=O)C1CCNCC1)N(C)C1CC1. The van der Waals surface area contributed by atoms with E-state index in [0.717, 1.165) is 38.5 Å². The minimum absolute atomic E-state index is 0.231. The van der Waals surface area contributed by atoms with Crippen LogP contribution < -0.4 is 10.6 Å². The molecule has 2 rings (SSSR count). The zero-order chi connectivity index (χ0) is 12.3. The molecule has 1 atom stereocenters. The maximum absolute atomic E-state index is 12.0. The molecule has 4 heteroatoms. The van der Waals surface area contributed by atoms with Gasteiger partial charge in [0, 0.05) is 24.5 Å². The standard InChI is InChI=1S/C13H25N3O/c1-10(16(2)12-3-4-12)9-15-13(17)11-5-7-14-8-6-11/h10-12,14H,3-9H2,1-2H3,(H,15,17). The second-order valence-corrected chi connectivity index (χ2v) is 5.52. The molecule has 2 aliphatic rings. The maximum atomic E-state index is 12.0. The number of carbonyl (C=O) groups is 1. The number of hydrogen-bond acceptors (Lipinski definition) is 3. The van der Waals surface area contributed by atoms with Gasteiger partial charge in [0.2, 0.25) is 5.91 Å². The fourth-order valence-corrected chi connectivity index (χ4v) is 2.46. The van der Waals surface area contributed by atoms with Gasteiger partial charge in [-0.05, 0) is 52.7 Å². The van der Waals surface area contributed by atoms with Crippen molar-refractivity contribution in [2.45, 2.75) is 44.7 Å². The second-order valence-electron chi connectivity index (χ2n) is 5.52. The fourth-order valence-electron chi connectivity index (χ4n) is 2.46. The van der Waals surface area contributed by atoms with E-state index in [-0.39, 0.29) is 11.8 Å². The Balaban J connectivity index is 1.67. The van der Waals surface area contributed by atoms with E-state index in [1.165, 1.54) is 12.8 Å². The third-order valence-electron chi connectivity index (χ3n) is 4.10. The molecule has 1 unspecified atom stereocenters. The first-order valence-electron chi connectivity index (χ1n) is 6.89. The van der Waals surface area contributed by atoms with Crippen LogP contribution in [-0.4, -0.2) is 49.6 Å². The summed E-state index contributed by atoms with van der Waals surface area (Å²) in [7, 11) is 2.17. The molecule has 98 valence electrons. The Labute approximate surface area is 104 Å². The average molecular weight is 239 g/mol. The largest absolute Gasteiger partial charge is 0.354 e. The number of rotatable bonds is 5. The van der Waals surface area contributed by atoms with Crippen LogP contribution in [0, 0.1) is 5.92 Å². The quantitative estimate of drug-likeness (QED) is 0.738. The summed E-state index contributed by atoms with van der Waals surface area (Å²) in [6.07, 6.45) is 4.61. The molecule has 0 bridgehead atoms. The third-order valence-corrected chi connectivity index (χ3v) is 4.10. The summed E-state index contributed by atoms with van der Waals surface area (Å²) >= 11 is 0. The van der Waals surface area contributed by atoms with Gasteiger partial charge in [0.1, 0.15) is 0 Å². The first-order chi connectivity index (χ1) is 8.18. The van der Waals surface area contributed by atoms with Gasteiger partial charge in [0.25, 0.3) is 0 Å². The van der Waals surface area contributed by atoms with Gasteiger partial charge in [-0.3, -0.25) is 9.69 Å². The Bertz CT molecular complexity index is 259. The zero-order valence-corrected chi connectivity index (χ0v) is 11.0. The molecule has 1 heterocycles. The molecule has 1 amide bonds. The summed E-state index contributed by atoms with van der Waals surface area (Å²) in [5, 5.41) is 6.39. The van der Waals surface area contributed by atoms with Gasteiger partial charge in [0.15, 0.2) is 0 Å². The molecule has 0 radical (unpaired) electrons. The average Bonchev–Trinajstić information content (AvgIpc) is 3.20. The van der Waals surface area contributed by atoms with Crippen molar-refractivity contribution in [3.63, 3.8) is 0 Å². The number of nitrogens with zero attached hydrogens (tertiary/aromatic N) is 1. The van der Waals surface area contributed by atoms with E-state index in [1.54, 1.807) is 0 Å². The van der Waals surface area contributed by atoms with Crippen LogP contribution in [0.25, 0.3) is 0 Å². The highest BCUT2D eigenvalue weighted by Gasteiger charge is 2.29. The Morgan fingerprint density at radius 1 is 1.35 bits per heavy atom. The van der Waals surface area contributed by atoms with Crippen LogP contribution in [0.5, 0.6) is 0 Å². The highest BCUT2D eigenvalue weighted by atomic mass is 16.1. The lowest BCUT2D eigenvalue weighted by Gasteiger charge is -2.27. The van der Waals surface area contributed by atoms with Crippen LogP contribution in [-0.2, 0) is 4.79 Å². The molecule has 0 spiro atoms. The van der Waals surface area contributed by atoms with E-state index in [9.17, 15) is 4.79 Å². The molecule has 0 aromatic rings. The van der Waals surface area contributed by atoms with Gasteiger partial charge in [-0.25, -0.2) is 0 Å².